The van der Waals surface area contributed by atoms with Crippen LogP contribution in [0.1, 0.15) is 25.0 Å². The van der Waals surface area contributed by atoms with Gasteiger partial charge in [-0.3, -0.25) is 0 Å². The maximum absolute atomic E-state index is 13.1. The molecule has 150 valence electrons. The molecule has 1 aliphatic heterocycles. The Hall–Kier alpha value is -2.97. The third-order valence-corrected chi connectivity index (χ3v) is 4.33. The molecule has 28 heavy (non-hydrogen) atoms. The van der Waals surface area contributed by atoms with E-state index in [1.54, 1.807) is 0 Å². The highest BCUT2D eigenvalue weighted by atomic mass is 19.1. The first-order valence-electron chi connectivity index (χ1n) is 9.35. The van der Waals surface area contributed by atoms with Crippen LogP contribution in [0, 0.1) is 18.6 Å². The fraction of sp³-hybridized carbons (Fsp3) is 0.421. The van der Waals surface area contributed by atoms with E-state index in [9.17, 15) is 13.6 Å². The van der Waals surface area contributed by atoms with Gasteiger partial charge in [-0.2, -0.15) is 4.98 Å². The summed E-state index contributed by atoms with van der Waals surface area (Å²) in [5, 5.41) is 8.09. The van der Waals surface area contributed by atoms with Crippen LogP contribution in [-0.2, 0) is 0 Å². The number of halogens is 2. The minimum absolute atomic E-state index is 0.0520. The van der Waals surface area contributed by atoms with Crippen LogP contribution in [0.3, 0.4) is 0 Å². The molecule has 0 saturated carbocycles. The van der Waals surface area contributed by atoms with Crippen LogP contribution in [0.5, 0.6) is 0 Å². The van der Waals surface area contributed by atoms with Gasteiger partial charge in [0.25, 0.3) is 0 Å². The van der Waals surface area contributed by atoms with Gasteiger partial charge in [-0.25, -0.2) is 18.6 Å². The van der Waals surface area contributed by atoms with Crippen LogP contribution in [0.25, 0.3) is 0 Å². The van der Waals surface area contributed by atoms with Crippen LogP contribution in [0.15, 0.2) is 24.3 Å². The number of anilines is 3. The number of nitrogens with one attached hydrogen (secondary N) is 3. The Morgan fingerprint density at radius 2 is 1.75 bits per heavy atom. The standard InChI is InChI=1S/C19H24F2N6O/c1-13-9-17(27-7-3-2-4-8-27)26-18(24-13)22-5-6-23-19(28)25-16-11-14(20)10-15(21)12-16/h9-12H,2-8H2,1H3,(H,22,24,26)(H2,23,25,28). The van der Waals surface area contributed by atoms with E-state index in [4.69, 9.17) is 0 Å². The molecule has 2 aromatic rings. The molecule has 1 aliphatic rings. The molecule has 1 fully saturated rings. The van der Waals surface area contributed by atoms with Gasteiger partial charge in [-0.15, -0.1) is 0 Å². The van der Waals surface area contributed by atoms with E-state index in [2.05, 4.69) is 30.8 Å². The number of carbonyl (C=O) groups is 1. The Kier molecular flexibility index (Phi) is 6.57. The Bertz CT molecular complexity index is 806. The molecule has 0 bridgehead atoms. The van der Waals surface area contributed by atoms with Crippen LogP contribution >= 0.6 is 0 Å². The SMILES string of the molecule is Cc1cc(N2CCCCC2)nc(NCCNC(=O)Nc2cc(F)cc(F)c2)n1. The van der Waals surface area contributed by atoms with E-state index >= 15 is 0 Å². The van der Waals surface area contributed by atoms with Gasteiger partial charge in [-0.1, -0.05) is 0 Å². The monoisotopic (exact) mass is 390 g/mol. The first kappa shape index (κ1) is 19.8. The topological polar surface area (TPSA) is 82.2 Å². The number of nitrogens with zero attached hydrogens (tertiary/aromatic N) is 3. The van der Waals surface area contributed by atoms with Crippen molar-refractivity contribution in [2.45, 2.75) is 26.2 Å². The predicted molar refractivity (Wildman–Crippen MR) is 105 cm³/mol. The largest absolute Gasteiger partial charge is 0.356 e. The van der Waals surface area contributed by atoms with E-state index in [-0.39, 0.29) is 5.69 Å². The van der Waals surface area contributed by atoms with E-state index in [1.165, 1.54) is 19.3 Å². The molecule has 2 heterocycles. The molecule has 0 atom stereocenters. The third-order valence-electron chi connectivity index (χ3n) is 4.33. The summed E-state index contributed by atoms with van der Waals surface area (Å²) in [5.41, 5.74) is 0.924. The van der Waals surface area contributed by atoms with Crippen LogP contribution in [0.4, 0.5) is 31.0 Å². The van der Waals surface area contributed by atoms with Crippen molar-refractivity contribution in [3.05, 3.63) is 41.6 Å². The van der Waals surface area contributed by atoms with Gasteiger partial charge < -0.3 is 20.9 Å². The first-order chi connectivity index (χ1) is 13.5. The van der Waals surface area contributed by atoms with Crippen molar-refractivity contribution < 1.29 is 13.6 Å². The molecule has 3 N–H and O–H groups in total. The minimum Gasteiger partial charge on any atom is -0.356 e. The molecule has 0 unspecified atom stereocenters. The lowest BCUT2D eigenvalue weighted by atomic mass is 10.1. The minimum atomic E-state index is -0.752. The van der Waals surface area contributed by atoms with Crippen molar-refractivity contribution >= 4 is 23.5 Å². The maximum Gasteiger partial charge on any atom is 0.319 e. The summed E-state index contributed by atoms with van der Waals surface area (Å²) in [4.78, 5) is 23.0. The lowest BCUT2D eigenvalue weighted by Crippen LogP contribution is -2.33. The molecule has 0 aliphatic carbocycles. The molecular formula is C19H24F2N6O. The number of amides is 2. The molecule has 1 aromatic carbocycles. The lowest BCUT2D eigenvalue weighted by molar-refractivity contribution is 0.252. The van der Waals surface area contributed by atoms with Crippen LogP contribution < -0.4 is 20.9 Å². The summed E-state index contributed by atoms with van der Waals surface area (Å²) in [7, 11) is 0. The summed E-state index contributed by atoms with van der Waals surface area (Å²) in [6.07, 6.45) is 3.59. The predicted octanol–water partition coefficient (Wildman–Crippen LogP) is 3.29. The second-order valence-corrected chi connectivity index (χ2v) is 6.70. The molecule has 7 nitrogen and oxygen atoms in total. The lowest BCUT2D eigenvalue weighted by Gasteiger charge is -2.28. The fourth-order valence-electron chi connectivity index (χ4n) is 3.07. The van der Waals surface area contributed by atoms with Gasteiger partial charge in [0.2, 0.25) is 5.95 Å². The number of urea groups is 1. The normalized spacial score (nSPS) is 13.9. The number of aromatic nitrogens is 2. The van der Waals surface area contributed by atoms with Gasteiger partial charge in [0.15, 0.2) is 0 Å². The number of carbonyl (C=O) groups excluding carboxylic acids is 1. The van der Waals surface area contributed by atoms with Crippen molar-refractivity contribution in [2.24, 2.45) is 0 Å². The molecule has 1 saturated heterocycles. The van der Waals surface area contributed by atoms with Gasteiger partial charge in [0.05, 0.1) is 0 Å². The van der Waals surface area contributed by atoms with Crippen molar-refractivity contribution in [3.8, 4) is 0 Å². The Morgan fingerprint density at radius 1 is 1.04 bits per heavy atom. The quantitative estimate of drug-likeness (QED) is 0.660. The van der Waals surface area contributed by atoms with Crippen LogP contribution in [-0.4, -0.2) is 42.2 Å². The van der Waals surface area contributed by atoms with Crippen molar-refractivity contribution in [1.82, 2.24) is 15.3 Å². The third kappa shape index (κ3) is 5.77. The molecule has 9 heteroatoms. The molecule has 3 rings (SSSR count). The molecule has 1 aromatic heterocycles. The van der Waals surface area contributed by atoms with Gasteiger partial charge in [0, 0.05) is 49.7 Å². The van der Waals surface area contributed by atoms with Gasteiger partial charge >= 0.3 is 6.03 Å². The van der Waals surface area contributed by atoms with Crippen LogP contribution in [0.2, 0.25) is 0 Å². The zero-order valence-electron chi connectivity index (χ0n) is 15.8. The molecule has 0 radical (unpaired) electrons. The van der Waals surface area contributed by atoms with Crippen molar-refractivity contribution in [2.75, 3.05) is 41.7 Å². The van der Waals surface area contributed by atoms with E-state index < -0.39 is 17.7 Å². The highest BCUT2D eigenvalue weighted by Gasteiger charge is 2.13. The zero-order valence-corrected chi connectivity index (χ0v) is 15.8. The molecular weight excluding hydrogens is 366 g/mol. The summed E-state index contributed by atoms with van der Waals surface area (Å²) in [6.45, 7) is 4.62. The second kappa shape index (κ2) is 9.29. The summed E-state index contributed by atoms with van der Waals surface area (Å²) < 4.78 is 26.3. The smallest absolute Gasteiger partial charge is 0.319 e. The number of aryl methyl sites for hydroxylation is 1. The second-order valence-electron chi connectivity index (χ2n) is 6.70. The zero-order chi connectivity index (χ0) is 19.9. The first-order valence-corrected chi connectivity index (χ1v) is 9.35. The number of benzene rings is 1. The number of rotatable bonds is 6. The Labute approximate surface area is 162 Å². The van der Waals surface area contributed by atoms with Gasteiger partial charge in [0.1, 0.15) is 17.5 Å². The summed E-state index contributed by atoms with van der Waals surface area (Å²) >= 11 is 0. The number of piperidine rings is 1. The Balaban J connectivity index is 1.46. The fourth-order valence-corrected chi connectivity index (χ4v) is 3.07. The molecule has 0 spiro atoms. The van der Waals surface area contributed by atoms with E-state index in [0.29, 0.717) is 19.0 Å². The average molecular weight is 390 g/mol. The number of hydrogen-bond donors (Lipinski definition) is 3. The van der Waals surface area contributed by atoms with E-state index in [1.807, 2.05) is 13.0 Å². The van der Waals surface area contributed by atoms with E-state index in [0.717, 1.165) is 42.8 Å². The van der Waals surface area contributed by atoms with Crippen molar-refractivity contribution in [1.29, 1.82) is 0 Å². The summed E-state index contributed by atoms with van der Waals surface area (Å²) in [5.74, 6) is -0.0836. The Morgan fingerprint density at radius 3 is 2.46 bits per heavy atom. The maximum atomic E-state index is 13.1. The van der Waals surface area contributed by atoms with Crippen molar-refractivity contribution in [3.63, 3.8) is 0 Å². The number of hydrogen-bond acceptors (Lipinski definition) is 5. The van der Waals surface area contributed by atoms with Gasteiger partial charge in [-0.05, 0) is 38.3 Å². The highest BCUT2D eigenvalue weighted by Crippen LogP contribution is 2.19. The average Bonchev–Trinajstić information content (AvgIpc) is 2.65. The summed E-state index contributed by atoms with van der Waals surface area (Å²) in [6, 6.07) is 4.26. The molecule has 2 amide bonds. The highest BCUT2D eigenvalue weighted by molar-refractivity contribution is 5.89.